The van der Waals surface area contributed by atoms with Crippen molar-refractivity contribution in [3.05, 3.63) is 93.0 Å². The smallest absolute Gasteiger partial charge is 0.335 e. The molecule has 0 aliphatic carbocycles. The molecular weight excluding hydrogens is 455 g/mol. The van der Waals surface area contributed by atoms with Gasteiger partial charge in [-0.05, 0) is 59.7 Å². The Labute approximate surface area is 194 Å². The highest BCUT2D eigenvalue weighted by atomic mass is 35.5. The summed E-state index contributed by atoms with van der Waals surface area (Å²) in [5.41, 5.74) is 4.45. The Morgan fingerprint density at radius 3 is 2.34 bits per heavy atom. The third kappa shape index (κ3) is 6.00. The van der Waals surface area contributed by atoms with Crippen LogP contribution in [0, 0.1) is 0 Å². The maximum absolute atomic E-state index is 12.2. The Morgan fingerprint density at radius 1 is 0.969 bits per heavy atom. The lowest BCUT2D eigenvalue weighted by Gasteiger charge is -2.11. The van der Waals surface area contributed by atoms with Crippen LogP contribution < -0.4 is 14.9 Å². The monoisotopic (exact) mass is 472 g/mol. The fraction of sp³-hybridized carbons (Fsp3) is 0.0870. The van der Waals surface area contributed by atoms with E-state index in [0.717, 1.165) is 5.56 Å². The highest BCUT2D eigenvalue weighted by Crippen LogP contribution is 2.28. The van der Waals surface area contributed by atoms with E-state index in [0.29, 0.717) is 27.6 Å². The number of nitrogens with zero attached hydrogens (tertiary/aromatic N) is 1. The van der Waals surface area contributed by atoms with E-state index in [2.05, 4.69) is 10.5 Å². The van der Waals surface area contributed by atoms with Crippen molar-refractivity contribution >= 4 is 41.3 Å². The van der Waals surface area contributed by atoms with Crippen LogP contribution in [-0.4, -0.2) is 30.3 Å². The van der Waals surface area contributed by atoms with Gasteiger partial charge in [0, 0.05) is 5.56 Å². The SMILES string of the molecule is COc1cc(/C=N\NC(=O)c2ccc(Cl)c(Cl)c2)ccc1OCc1ccc(C(=O)O)cc1. The lowest BCUT2D eigenvalue weighted by molar-refractivity contribution is 0.0696. The lowest BCUT2D eigenvalue weighted by Crippen LogP contribution is -2.17. The fourth-order valence-corrected chi connectivity index (χ4v) is 2.95. The van der Waals surface area contributed by atoms with Gasteiger partial charge in [0.1, 0.15) is 6.61 Å². The van der Waals surface area contributed by atoms with Gasteiger partial charge in [-0.2, -0.15) is 5.10 Å². The summed E-state index contributed by atoms with van der Waals surface area (Å²) in [5.74, 6) is -0.427. The summed E-state index contributed by atoms with van der Waals surface area (Å²) >= 11 is 11.8. The van der Waals surface area contributed by atoms with E-state index in [1.165, 1.54) is 37.6 Å². The molecule has 0 heterocycles. The van der Waals surface area contributed by atoms with Crippen molar-refractivity contribution in [2.75, 3.05) is 7.11 Å². The molecule has 3 aromatic carbocycles. The molecule has 0 radical (unpaired) electrons. The molecule has 0 aliphatic heterocycles. The van der Waals surface area contributed by atoms with Gasteiger partial charge in [-0.15, -0.1) is 0 Å². The second-order valence-corrected chi connectivity index (χ2v) is 7.34. The van der Waals surface area contributed by atoms with Crippen molar-refractivity contribution in [1.82, 2.24) is 5.43 Å². The molecule has 32 heavy (non-hydrogen) atoms. The molecule has 0 fully saturated rings. The Morgan fingerprint density at radius 2 is 1.69 bits per heavy atom. The maximum Gasteiger partial charge on any atom is 0.335 e. The van der Waals surface area contributed by atoms with Crippen LogP contribution in [-0.2, 0) is 6.61 Å². The quantitative estimate of drug-likeness (QED) is 0.353. The molecule has 2 N–H and O–H groups in total. The summed E-state index contributed by atoms with van der Waals surface area (Å²) in [7, 11) is 1.51. The number of hydrogen-bond donors (Lipinski definition) is 2. The second-order valence-electron chi connectivity index (χ2n) is 6.53. The molecule has 9 heteroatoms. The van der Waals surface area contributed by atoms with E-state index in [1.807, 2.05) is 0 Å². The molecule has 0 unspecified atom stereocenters. The van der Waals surface area contributed by atoms with Gasteiger partial charge in [-0.1, -0.05) is 35.3 Å². The predicted molar refractivity (Wildman–Crippen MR) is 122 cm³/mol. The van der Waals surface area contributed by atoms with Gasteiger partial charge in [0.05, 0.1) is 28.9 Å². The molecule has 0 aromatic heterocycles. The standard InChI is InChI=1S/C23H18Cl2N2O5/c1-31-21-10-15(12-26-27-22(28)17-7-8-18(24)19(25)11-17)4-9-20(21)32-13-14-2-5-16(6-3-14)23(29)30/h2-12H,13H2,1H3,(H,27,28)(H,29,30)/b26-12-. The molecule has 0 aliphatic rings. The minimum Gasteiger partial charge on any atom is -0.493 e. The van der Waals surface area contributed by atoms with E-state index >= 15 is 0 Å². The number of carbonyl (C=O) groups excluding carboxylic acids is 1. The number of amides is 1. The Bertz CT molecular complexity index is 1160. The van der Waals surface area contributed by atoms with Crippen LogP contribution in [0.5, 0.6) is 11.5 Å². The third-order valence-electron chi connectivity index (χ3n) is 4.34. The Hall–Kier alpha value is -3.55. The molecule has 3 rings (SSSR count). The first-order valence-corrected chi connectivity index (χ1v) is 10.0. The van der Waals surface area contributed by atoms with Gasteiger partial charge in [-0.3, -0.25) is 4.79 Å². The highest BCUT2D eigenvalue weighted by molar-refractivity contribution is 6.42. The summed E-state index contributed by atoms with van der Waals surface area (Å²) in [6, 6.07) is 16.1. The molecule has 3 aromatic rings. The van der Waals surface area contributed by atoms with Gasteiger partial charge in [-0.25, -0.2) is 10.2 Å². The van der Waals surface area contributed by atoms with E-state index < -0.39 is 11.9 Å². The van der Waals surface area contributed by atoms with Gasteiger partial charge < -0.3 is 14.6 Å². The first-order chi connectivity index (χ1) is 15.4. The van der Waals surface area contributed by atoms with Crippen molar-refractivity contribution in [2.45, 2.75) is 6.61 Å². The lowest BCUT2D eigenvalue weighted by atomic mass is 10.1. The van der Waals surface area contributed by atoms with E-state index in [1.54, 1.807) is 36.4 Å². The molecule has 164 valence electrons. The normalized spacial score (nSPS) is 10.7. The van der Waals surface area contributed by atoms with Gasteiger partial charge in [0.15, 0.2) is 11.5 Å². The van der Waals surface area contributed by atoms with Crippen molar-refractivity contribution < 1.29 is 24.2 Å². The largest absolute Gasteiger partial charge is 0.493 e. The van der Waals surface area contributed by atoms with E-state index in [9.17, 15) is 9.59 Å². The van der Waals surface area contributed by atoms with Crippen LogP contribution in [0.2, 0.25) is 10.0 Å². The van der Waals surface area contributed by atoms with Crippen LogP contribution in [0.25, 0.3) is 0 Å². The second kappa shape index (κ2) is 10.7. The van der Waals surface area contributed by atoms with E-state index in [-0.39, 0.29) is 17.2 Å². The number of carboxylic acids is 1. The third-order valence-corrected chi connectivity index (χ3v) is 5.08. The van der Waals surface area contributed by atoms with Gasteiger partial charge in [0.2, 0.25) is 0 Å². The van der Waals surface area contributed by atoms with Gasteiger partial charge >= 0.3 is 5.97 Å². The zero-order valence-electron chi connectivity index (χ0n) is 16.8. The predicted octanol–water partition coefficient (Wildman–Crippen LogP) is 5.04. The number of hydrazone groups is 1. The number of hydrogen-bond acceptors (Lipinski definition) is 5. The summed E-state index contributed by atoms with van der Waals surface area (Å²) in [6.07, 6.45) is 1.46. The molecule has 0 saturated carbocycles. The molecule has 0 spiro atoms. The van der Waals surface area contributed by atoms with Crippen LogP contribution in [0.15, 0.2) is 65.8 Å². The number of halogens is 2. The summed E-state index contributed by atoms with van der Waals surface area (Å²) < 4.78 is 11.1. The minimum absolute atomic E-state index is 0.209. The van der Waals surface area contributed by atoms with Crippen molar-refractivity contribution in [1.29, 1.82) is 0 Å². The molecular formula is C23H18Cl2N2O5. The van der Waals surface area contributed by atoms with Crippen molar-refractivity contribution in [3.8, 4) is 11.5 Å². The summed E-state index contributed by atoms with van der Waals surface area (Å²) in [4.78, 5) is 23.1. The minimum atomic E-state index is -0.982. The first-order valence-electron chi connectivity index (χ1n) is 9.29. The number of methoxy groups -OCH3 is 1. The topological polar surface area (TPSA) is 97.2 Å². The number of ether oxygens (including phenoxy) is 2. The molecule has 0 bridgehead atoms. The van der Waals surface area contributed by atoms with Crippen LogP contribution in [0.4, 0.5) is 0 Å². The summed E-state index contributed by atoms with van der Waals surface area (Å²) in [5, 5.41) is 13.5. The van der Waals surface area contributed by atoms with E-state index in [4.69, 9.17) is 37.8 Å². The average Bonchev–Trinajstić information content (AvgIpc) is 2.80. The molecule has 0 saturated heterocycles. The highest BCUT2D eigenvalue weighted by Gasteiger charge is 2.09. The molecule has 7 nitrogen and oxygen atoms in total. The number of carboxylic acid groups (broad SMARTS) is 1. The van der Waals surface area contributed by atoms with Gasteiger partial charge in [0.25, 0.3) is 5.91 Å². The number of carbonyl (C=O) groups is 2. The van der Waals surface area contributed by atoms with Crippen molar-refractivity contribution in [3.63, 3.8) is 0 Å². The maximum atomic E-state index is 12.2. The zero-order chi connectivity index (χ0) is 23.1. The fourth-order valence-electron chi connectivity index (χ4n) is 2.66. The average molecular weight is 473 g/mol. The molecule has 1 amide bonds. The number of aromatic carboxylic acids is 1. The summed E-state index contributed by atoms with van der Waals surface area (Å²) in [6.45, 7) is 0.239. The van der Waals surface area contributed by atoms with Crippen LogP contribution in [0.1, 0.15) is 31.8 Å². The van der Waals surface area contributed by atoms with Crippen LogP contribution >= 0.6 is 23.2 Å². The van der Waals surface area contributed by atoms with Crippen LogP contribution in [0.3, 0.4) is 0 Å². The number of nitrogens with one attached hydrogen (secondary N) is 1. The molecule has 0 atom stereocenters. The first kappa shape index (κ1) is 23.1. The number of benzene rings is 3. The number of rotatable bonds is 8. The Kier molecular flexibility index (Phi) is 7.70. The Balaban J connectivity index is 1.62. The van der Waals surface area contributed by atoms with Crippen molar-refractivity contribution in [2.24, 2.45) is 5.10 Å². The zero-order valence-corrected chi connectivity index (χ0v) is 18.4.